The van der Waals surface area contributed by atoms with E-state index in [1.807, 2.05) is 12.4 Å². The zero-order valence-electron chi connectivity index (χ0n) is 10.1. The molecule has 1 rings (SSSR count). The molecule has 1 fully saturated rings. The molecule has 1 heterocycles. The van der Waals surface area contributed by atoms with Crippen molar-refractivity contribution in [3.05, 3.63) is 0 Å². The van der Waals surface area contributed by atoms with E-state index in [1.165, 1.54) is 37.7 Å². The lowest BCUT2D eigenvalue weighted by Crippen LogP contribution is -2.27. The molecule has 16 heavy (non-hydrogen) atoms. The van der Waals surface area contributed by atoms with Crippen molar-refractivity contribution in [3.63, 3.8) is 0 Å². The Morgan fingerprint density at radius 1 is 1.56 bits per heavy atom. The summed E-state index contributed by atoms with van der Waals surface area (Å²) in [5.41, 5.74) is 0. The molecule has 1 aliphatic rings. The van der Waals surface area contributed by atoms with Crippen molar-refractivity contribution < 1.29 is 0 Å². The third-order valence-electron chi connectivity index (χ3n) is 2.67. The van der Waals surface area contributed by atoms with Crippen LogP contribution in [0.5, 0.6) is 0 Å². The van der Waals surface area contributed by atoms with E-state index in [2.05, 4.69) is 22.1 Å². The second-order valence-electron chi connectivity index (χ2n) is 4.20. The quantitative estimate of drug-likeness (QED) is 0.350. The van der Waals surface area contributed by atoms with E-state index in [9.17, 15) is 0 Å². The van der Waals surface area contributed by atoms with Crippen molar-refractivity contribution in [3.8, 4) is 6.19 Å². The van der Waals surface area contributed by atoms with Crippen molar-refractivity contribution in [2.24, 2.45) is 10.9 Å². The lowest BCUT2D eigenvalue weighted by molar-refractivity contribution is 0.292. The van der Waals surface area contributed by atoms with Gasteiger partial charge in [0.05, 0.1) is 0 Å². The third kappa shape index (κ3) is 4.86. The Kier molecular flexibility index (Phi) is 6.27. The second-order valence-corrected chi connectivity index (χ2v) is 4.99. The van der Waals surface area contributed by atoms with Crippen molar-refractivity contribution >= 4 is 16.9 Å². The summed E-state index contributed by atoms with van der Waals surface area (Å²) in [5, 5.41) is 11.8. The predicted octanol–water partition coefficient (Wildman–Crippen LogP) is 1.51. The predicted molar refractivity (Wildman–Crippen MR) is 69.4 cm³/mol. The minimum atomic E-state index is 0.556. The van der Waals surface area contributed by atoms with Gasteiger partial charge >= 0.3 is 0 Å². The molecule has 0 saturated carbocycles. The summed E-state index contributed by atoms with van der Waals surface area (Å²) in [6.07, 6.45) is 6.50. The molecule has 90 valence electrons. The maximum atomic E-state index is 8.50. The number of rotatable bonds is 4. The Balaban J connectivity index is 2.27. The van der Waals surface area contributed by atoms with Crippen LogP contribution in [0.2, 0.25) is 0 Å². The average Bonchev–Trinajstić information content (AvgIpc) is 2.76. The normalized spacial score (nSPS) is 19.4. The number of hydrogen-bond acceptors (Lipinski definition) is 4. The SMILES string of the molecule is CSC(=NCC(C)CN1CCCC1)NC#N. The molecule has 5 heteroatoms. The summed E-state index contributed by atoms with van der Waals surface area (Å²) >= 11 is 1.48. The van der Waals surface area contributed by atoms with Crippen LogP contribution >= 0.6 is 11.8 Å². The van der Waals surface area contributed by atoms with E-state index in [0.29, 0.717) is 5.92 Å². The van der Waals surface area contributed by atoms with Gasteiger partial charge in [-0.1, -0.05) is 18.7 Å². The highest BCUT2D eigenvalue weighted by molar-refractivity contribution is 8.13. The molecule has 4 nitrogen and oxygen atoms in total. The van der Waals surface area contributed by atoms with E-state index in [1.54, 1.807) is 0 Å². The lowest BCUT2D eigenvalue weighted by atomic mass is 10.2. The Morgan fingerprint density at radius 3 is 2.81 bits per heavy atom. The molecule has 0 aromatic heterocycles. The van der Waals surface area contributed by atoms with Gasteiger partial charge in [-0.05, 0) is 38.1 Å². The molecular weight excluding hydrogens is 220 g/mol. The number of amidine groups is 1. The van der Waals surface area contributed by atoms with Crippen molar-refractivity contribution in [1.29, 1.82) is 5.26 Å². The van der Waals surface area contributed by atoms with Crippen LogP contribution in [0.1, 0.15) is 19.8 Å². The molecule has 0 aromatic carbocycles. The van der Waals surface area contributed by atoms with Crippen LogP contribution in [0.3, 0.4) is 0 Å². The molecule has 1 N–H and O–H groups in total. The standard InChI is InChI=1S/C11H20N4S/c1-10(8-15-5-3-4-6-15)7-13-11(16-2)14-9-12/h10H,3-8H2,1-2H3,(H,13,14). The highest BCUT2D eigenvalue weighted by Gasteiger charge is 2.14. The lowest BCUT2D eigenvalue weighted by Gasteiger charge is -2.18. The Morgan fingerprint density at radius 2 is 2.25 bits per heavy atom. The number of nitrogens with zero attached hydrogens (tertiary/aromatic N) is 3. The molecule has 1 saturated heterocycles. The fourth-order valence-electron chi connectivity index (χ4n) is 1.91. The number of nitrogens with one attached hydrogen (secondary N) is 1. The van der Waals surface area contributed by atoms with Gasteiger partial charge in [0.2, 0.25) is 0 Å². The van der Waals surface area contributed by atoms with Gasteiger partial charge in [0.15, 0.2) is 11.4 Å². The van der Waals surface area contributed by atoms with Gasteiger partial charge in [-0.25, -0.2) is 0 Å². The first-order valence-corrected chi connectivity index (χ1v) is 6.94. The number of likely N-dealkylation sites (tertiary alicyclic amines) is 1. The van der Waals surface area contributed by atoms with Crippen molar-refractivity contribution in [2.45, 2.75) is 19.8 Å². The average molecular weight is 240 g/mol. The zero-order chi connectivity index (χ0) is 11.8. The van der Waals surface area contributed by atoms with E-state index >= 15 is 0 Å². The molecule has 0 bridgehead atoms. The molecule has 0 aromatic rings. The van der Waals surface area contributed by atoms with Gasteiger partial charge < -0.3 is 4.90 Å². The molecule has 1 aliphatic heterocycles. The van der Waals surface area contributed by atoms with Gasteiger partial charge in [-0.15, -0.1) is 0 Å². The molecule has 0 aliphatic carbocycles. The van der Waals surface area contributed by atoms with Gasteiger partial charge in [-0.3, -0.25) is 10.3 Å². The van der Waals surface area contributed by atoms with E-state index in [-0.39, 0.29) is 0 Å². The first-order valence-electron chi connectivity index (χ1n) is 5.72. The van der Waals surface area contributed by atoms with Crippen molar-refractivity contribution in [1.82, 2.24) is 10.2 Å². The van der Waals surface area contributed by atoms with Crippen LogP contribution in [0.15, 0.2) is 4.99 Å². The summed E-state index contributed by atoms with van der Waals surface area (Å²) in [5.74, 6) is 0.556. The molecule has 0 amide bonds. The first kappa shape index (κ1) is 13.3. The first-order chi connectivity index (χ1) is 7.76. The van der Waals surface area contributed by atoms with Gasteiger partial charge in [-0.2, -0.15) is 5.26 Å². The van der Waals surface area contributed by atoms with E-state index < -0.39 is 0 Å². The largest absolute Gasteiger partial charge is 0.303 e. The Bertz CT molecular complexity index is 266. The monoisotopic (exact) mass is 240 g/mol. The maximum Gasteiger partial charge on any atom is 0.183 e. The summed E-state index contributed by atoms with van der Waals surface area (Å²) in [7, 11) is 0. The van der Waals surface area contributed by atoms with Crippen LogP contribution in [0.4, 0.5) is 0 Å². The van der Waals surface area contributed by atoms with E-state index in [4.69, 9.17) is 5.26 Å². The zero-order valence-corrected chi connectivity index (χ0v) is 10.9. The van der Waals surface area contributed by atoms with Gasteiger partial charge in [0.25, 0.3) is 0 Å². The molecule has 0 radical (unpaired) electrons. The fourth-order valence-corrected chi connectivity index (χ4v) is 2.26. The van der Waals surface area contributed by atoms with Crippen LogP contribution < -0.4 is 5.32 Å². The van der Waals surface area contributed by atoms with Gasteiger partial charge in [0, 0.05) is 13.1 Å². The minimum Gasteiger partial charge on any atom is -0.303 e. The fraction of sp³-hybridized carbons (Fsp3) is 0.818. The summed E-state index contributed by atoms with van der Waals surface area (Å²) in [6.45, 7) is 6.60. The number of aliphatic imine (C=N–C) groups is 1. The number of nitriles is 1. The minimum absolute atomic E-state index is 0.556. The van der Waals surface area contributed by atoms with Crippen LogP contribution in [0.25, 0.3) is 0 Å². The highest BCUT2D eigenvalue weighted by atomic mass is 32.2. The Hall–Kier alpha value is -0.730. The summed E-state index contributed by atoms with van der Waals surface area (Å²) in [6, 6.07) is 0. The molecule has 0 spiro atoms. The summed E-state index contributed by atoms with van der Waals surface area (Å²) in [4.78, 5) is 6.89. The second kappa shape index (κ2) is 7.53. The third-order valence-corrected chi connectivity index (χ3v) is 3.29. The smallest absolute Gasteiger partial charge is 0.183 e. The maximum absolute atomic E-state index is 8.50. The van der Waals surface area contributed by atoms with Crippen LogP contribution in [0, 0.1) is 17.4 Å². The summed E-state index contributed by atoms with van der Waals surface area (Å²) < 4.78 is 0. The van der Waals surface area contributed by atoms with Gasteiger partial charge in [0.1, 0.15) is 0 Å². The number of hydrogen-bond donors (Lipinski definition) is 1. The highest BCUT2D eigenvalue weighted by Crippen LogP contribution is 2.10. The topological polar surface area (TPSA) is 51.4 Å². The Labute approximate surface area is 102 Å². The molecular formula is C11H20N4S. The number of thioether (sulfide) groups is 1. The van der Waals surface area contributed by atoms with E-state index in [0.717, 1.165) is 18.3 Å². The van der Waals surface area contributed by atoms with Crippen LogP contribution in [-0.2, 0) is 0 Å². The van der Waals surface area contributed by atoms with Crippen molar-refractivity contribution in [2.75, 3.05) is 32.4 Å². The van der Waals surface area contributed by atoms with Crippen LogP contribution in [-0.4, -0.2) is 42.5 Å². The molecule has 1 unspecified atom stereocenters. The molecule has 1 atom stereocenters.